The monoisotopic (exact) mass is 315 g/mol. The standard InChI is InChI=1S/C14H9Cl2F2NO/c15-10-4-2-1-3-8(10)7-19-14(20)9-5-12(17)13(18)6-11(9)16/h1-6H,7H2,(H,19,20). The maximum atomic E-state index is 13.1. The molecular formula is C14H9Cl2F2NO. The molecule has 1 N–H and O–H groups in total. The van der Waals surface area contributed by atoms with Gasteiger partial charge in [-0.15, -0.1) is 0 Å². The van der Waals surface area contributed by atoms with Crippen LogP contribution in [0.3, 0.4) is 0 Å². The first kappa shape index (κ1) is 14.8. The Kier molecular flexibility index (Phi) is 4.57. The predicted molar refractivity (Wildman–Crippen MR) is 74.0 cm³/mol. The van der Waals surface area contributed by atoms with Crippen LogP contribution in [0.5, 0.6) is 0 Å². The lowest BCUT2D eigenvalue weighted by Gasteiger charge is -2.08. The van der Waals surface area contributed by atoms with E-state index in [-0.39, 0.29) is 17.1 Å². The Bertz CT molecular complexity index is 662. The Balaban J connectivity index is 2.13. The Morgan fingerprint density at radius 2 is 1.70 bits per heavy atom. The van der Waals surface area contributed by atoms with Gasteiger partial charge in [-0.2, -0.15) is 0 Å². The summed E-state index contributed by atoms with van der Waals surface area (Å²) >= 11 is 11.7. The van der Waals surface area contributed by atoms with E-state index in [1.165, 1.54) is 0 Å². The van der Waals surface area contributed by atoms with E-state index in [0.29, 0.717) is 10.6 Å². The highest BCUT2D eigenvalue weighted by atomic mass is 35.5. The average molecular weight is 316 g/mol. The molecule has 0 aromatic heterocycles. The van der Waals surface area contributed by atoms with E-state index < -0.39 is 17.5 Å². The molecule has 0 aliphatic rings. The quantitative estimate of drug-likeness (QED) is 0.845. The molecule has 6 heteroatoms. The summed E-state index contributed by atoms with van der Waals surface area (Å²) in [7, 11) is 0. The van der Waals surface area contributed by atoms with Crippen LogP contribution >= 0.6 is 23.2 Å². The average Bonchev–Trinajstić information content (AvgIpc) is 2.41. The van der Waals surface area contributed by atoms with Gasteiger partial charge < -0.3 is 5.32 Å². The van der Waals surface area contributed by atoms with Gasteiger partial charge in [-0.25, -0.2) is 8.78 Å². The molecule has 2 aromatic carbocycles. The third-order valence-electron chi connectivity index (χ3n) is 2.65. The van der Waals surface area contributed by atoms with E-state index in [0.717, 1.165) is 12.1 Å². The number of carbonyl (C=O) groups excluding carboxylic acids is 1. The van der Waals surface area contributed by atoms with Crippen molar-refractivity contribution >= 4 is 29.1 Å². The van der Waals surface area contributed by atoms with Crippen LogP contribution in [0.25, 0.3) is 0 Å². The molecule has 0 fully saturated rings. The SMILES string of the molecule is O=C(NCc1ccccc1Cl)c1cc(F)c(F)cc1Cl. The molecule has 20 heavy (non-hydrogen) atoms. The molecule has 0 spiro atoms. The number of hydrogen-bond donors (Lipinski definition) is 1. The molecule has 0 heterocycles. The first-order valence-electron chi connectivity index (χ1n) is 5.65. The number of hydrogen-bond acceptors (Lipinski definition) is 1. The number of rotatable bonds is 3. The minimum absolute atomic E-state index is 0.127. The van der Waals surface area contributed by atoms with E-state index in [9.17, 15) is 13.6 Å². The number of nitrogens with one attached hydrogen (secondary N) is 1. The maximum Gasteiger partial charge on any atom is 0.253 e. The van der Waals surface area contributed by atoms with Gasteiger partial charge in [0.05, 0.1) is 10.6 Å². The predicted octanol–water partition coefficient (Wildman–Crippen LogP) is 4.20. The second kappa shape index (κ2) is 6.20. The Morgan fingerprint density at radius 1 is 1.05 bits per heavy atom. The summed E-state index contributed by atoms with van der Waals surface area (Å²) in [6.45, 7) is 0.161. The molecule has 0 atom stereocenters. The van der Waals surface area contributed by atoms with Crippen molar-refractivity contribution in [2.75, 3.05) is 0 Å². The first-order chi connectivity index (χ1) is 9.49. The van der Waals surface area contributed by atoms with Gasteiger partial charge in [-0.1, -0.05) is 41.4 Å². The summed E-state index contributed by atoms with van der Waals surface area (Å²) in [4.78, 5) is 11.9. The molecule has 2 rings (SSSR count). The van der Waals surface area contributed by atoms with Crippen LogP contribution in [0, 0.1) is 11.6 Å². The Hall–Kier alpha value is -1.65. The zero-order valence-corrected chi connectivity index (χ0v) is 11.6. The minimum Gasteiger partial charge on any atom is -0.348 e. The second-order valence-electron chi connectivity index (χ2n) is 4.02. The van der Waals surface area contributed by atoms with Gasteiger partial charge in [-0.05, 0) is 23.8 Å². The van der Waals surface area contributed by atoms with Crippen LogP contribution in [0.4, 0.5) is 8.78 Å². The highest BCUT2D eigenvalue weighted by Gasteiger charge is 2.15. The van der Waals surface area contributed by atoms with Crippen LogP contribution in [-0.4, -0.2) is 5.91 Å². The normalized spacial score (nSPS) is 10.4. The summed E-state index contributed by atoms with van der Waals surface area (Å²) < 4.78 is 26.0. The molecule has 0 saturated carbocycles. The van der Waals surface area contributed by atoms with Crippen LogP contribution in [0.2, 0.25) is 10.0 Å². The van der Waals surface area contributed by atoms with Crippen molar-refractivity contribution in [3.8, 4) is 0 Å². The molecule has 0 bridgehead atoms. The summed E-state index contributed by atoms with van der Waals surface area (Å²) in [5.41, 5.74) is 0.582. The number of halogens is 4. The van der Waals surface area contributed by atoms with Gasteiger partial charge in [0.2, 0.25) is 0 Å². The van der Waals surface area contributed by atoms with Crippen LogP contribution in [-0.2, 0) is 6.54 Å². The molecular weight excluding hydrogens is 307 g/mol. The smallest absolute Gasteiger partial charge is 0.253 e. The fourth-order valence-corrected chi connectivity index (χ4v) is 2.05. The van der Waals surface area contributed by atoms with Gasteiger partial charge in [-0.3, -0.25) is 4.79 Å². The second-order valence-corrected chi connectivity index (χ2v) is 4.83. The number of amides is 1. The molecule has 0 saturated heterocycles. The van der Waals surface area contributed by atoms with Crippen LogP contribution < -0.4 is 5.32 Å². The molecule has 0 aliphatic heterocycles. The van der Waals surface area contributed by atoms with E-state index in [1.807, 2.05) is 0 Å². The minimum atomic E-state index is -1.13. The van der Waals surface area contributed by atoms with E-state index in [4.69, 9.17) is 23.2 Å². The third-order valence-corrected chi connectivity index (χ3v) is 3.33. The molecule has 0 radical (unpaired) electrons. The molecule has 104 valence electrons. The van der Waals surface area contributed by atoms with Gasteiger partial charge in [0.25, 0.3) is 5.91 Å². The van der Waals surface area contributed by atoms with Crippen molar-refractivity contribution in [2.45, 2.75) is 6.54 Å². The molecule has 0 aliphatic carbocycles. The third kappa shape index (κ3) is 3.26. The number of carbonyl (C=O) groups is 1. The molecule has 2 nitrogen and oxygen atoms in total. The zero-order valence-electron chi connectivity index (χ0n) is 10.1. The van der Waals surface area contributed by atoms with Crippen LogP contribution in [0.1, 0.15) is 15.9 Å². The van der Waals surface area contributed by atoms with E-state index >= 15 is 0 Å². The lowest BCUT2D eigenvalue weighted by molar-refractivity contribution is 0.0950. The van der Waals surface area contributed by atoms with Crippen molar-refractivity contribution in [3.63, 3.8) is 0 Å². The largest absolute Gasteiger partial charge is 0.348 e. The van der Waals surface area contributed by atoms with E-state index in [1.54, 1.807) is 24.3 Å². The Morgan fingerprint density at radius 3 is 2.40 bits per heavy atom. The summed E-state index contributed by atoms with van der Waals surface area (Å²) in [5, 5.41) is 2.90. The zero-order chi connectivity index (χ0) is 14.7. The first-order valence-corrected chi connectivity index (χ1v) is 6.41. The lowest BCUT2D eigenvalue weighted by atomic mass is 10.2. The lowest BCUT2D eigenvalue weighted by Crippen LogP contribution is -2.23. The van der Waals surface area contributed by atoms with Crippen molar-refractivity contribution in [1.29, 1.82) is 0 Å². The van der Waals surface area contributed by atoms with E-state index in [2.05, 4.69) is 5.32 Å². The number of benzene rings is 2. The van der Waals surface area contributed by atoms with Crippen molar-refractivity contribution in [2.24, 2.45) is 0 Å². The molecule has 0 unspecified atom stereocenters. The highest BCUT2D eigenvalue weighted by Crippen LogP contribution is 2.20. The van der Waals surface area contributed by atoms with Gasteiger partial charge >= 0.3 is 0 Å². The fourth-order valence-electron chi connectivity index (χ4n) is 1.61. The maximum absolute atomic E-state index is 13.1. The Labute approximate surface area is 124 Å². The van der Waals surface area contributed by atoms with Crippen molar-refractivity contribution < 1.29 is 13.6 Å². The summed E-state index contributed by atoms with van der Waals surface area (Å²) in [6.07, 6.45) is 0. The van der Waals surface area contributed by atoms with Crippen molar-refractivity contribution in [1.82, 2.24) is 5.32 Å². The van der Waals surface area contributed by atoms with Crippen LogP contribution in [0.15, 0.2) is 36.4 Å². The van der Waals surface area contributed by atoms with Gasteiger partial charge in [0.1, 0.15) is 0 Å². The fraction of sp³-hybridized carbons (Fsp3) is 0.0714. The van der Waals surface area contributed by atoms with Gasteiger partial charge in [0, 0.05) is 11.6 Å². The topological polar surface area (TPSA) is 29.1 Å². The summed E-state index contributed by atoms with van der Waals surface area (Å²) in [6, 6.07) is 8.50. The van der Waals surface area contributed by atoms with Crippen molar-refractivity contribution in [3.05, 3.63) is 69.2 Å². The van der Waals surface area contributed by atoms with Gasteiger partial charge in [0.15, 0.2) is 11.6 Å². The highest BCUT2D eigenvalue weighted by molar-refractivity contribution is 6.33. The summed E-state index contributed by atoms with van der Waals surface area (Å²) in [5.74, 6) is -2.83. The molecule has 1 amide bonds. The molecule has 2 aromatic rings.